The first-order valence-corrected chi connectivity index (χ1v) is 7.73. The first-order valence-electron chi connectivity index (χ1n) is 7.73. The second-order valence-corrected chi connectivity index (χ2v) is 5.59. The molecule has 1 aliphatic carbocycles. The van der Waals surface area contributed by atoms with Gasteiger partial charge < -0.3 is 10.6 Å². The number of nitrogens with zero attached hydrogens (tertiary/aromatic N) is 3. The van der Waals surface area contributed by atoms with Crippen molar-refractivity contribution in [3.8, 4) is 0 Å². The third-order valence-corrected chi connectivity index (χ3v) is 4.41. The molecule has 2 atom stereocenters. The molecule has 1 aromatic rings. The molecule has 2 rings (SSSR count). The summed E-state index contributed by atoms with van der Waals surface area (Å²) in [6.45, 7) is 6.61. The van der Waals surface area contributed by atoms with Crippen molar-refractivity contribution in [1.82, 2.24) is 9.78 Å². The molecule has 20 heavy (non-hydrogen) atoms. The van der Waals surface area contributed by atoms with Crippen LogP contribution in [-0.4, -0.2) is 28.9 Å². The topological polar surface area (TPSA) is 64.2 Å². The average molecular weight is 278 g/mol. The van der Waals surface area contributed by atoms with Gasteiger partial charge in [0.2, 0.25) is 0 Å². The zero-order chi connectivity index (χ0) is 14.5. The average Bonchev–Trinajstić information content (AvgIpc) is 2.85. The Labute approximate surface area is 120 Å². The van der Waals surface area contributed by atoms with Crippen LogP contribution in [0.2, 0.25) is 0 Å². The predicted octanol–water partition coefficient (Wildman–Crippen LogP) is 1.61. The molecule has 5 heteroatoms. The van der Waals surface area contributed by atoms with Crippen LogP contribution >= 0.6 is 0 Å². The summed E-state index contributed by atoms with van der Waals surface area (Å²) in [6.07, 6.45) is 6.28. The molecule has 0 radical (unpaired) electrons. The minimum absolute atomic E-state index is 0.0130. The van der Waals surface area contributed by atoms with E-state index in [9.17, 15) is 4.79 Å². The van der Waals surface area contributed by atoms with Crippen LogP contribution in [0.15, 0.2) is 17.1 Å². The first kappa shape index (κ1) is 15.0. The lowest BCUT2D eigenvalue weighted by molar-refractivity contribution is 0.396. The van der Waals surface area contributed by atoms with Crippen LogP contribution in [0, 0.1) is 5.92 Å². The van der Waals surface area contributed by atoms with Gasteiger partial charge in [-0.1, -0.05) is 6.42 Å². The predicted molar refractivity (Wildman–Crippen MR) is 82.0 cm³/mol. The quantitative estimate of drug-likeness (QED) is 0.858. The maximum atomic E-state index is 12.1. The normalized spacial score (nSPS) is 22.1. The van der Waals surface area contributed by atoms with E-state index in [4.69, 9.17) is 5.73 Å². The fourth-order valence-corrected chi connectivity index (χ4v) is 3.07. The van der Waals surface area contributed by atoms with E-state index in [1.54, 1.807) is 16.9 Å². The minimum atomic E-state index is -0.0130. The maximum Gasteiger partial charge on any atom is 0.268 e. The highest BCUT2D eigenvalue weighted by molar-refractivity contribution is 5.42. The zero-order valence-electron chi connectivity index (χ0n) is 12.6. The fourth-order valence-electron chi connectivity index (χ4n) is 3.07. The van der Waals surface area contributed by atoms with Gasteiger partial charge in [-0.15, -0.1) is 0 Å². The van der Waals surface area contributed by atoms with Crippen molar-refractivity contribution in [3.05, 3.63) is 22.6 Å². The Morgan fingerprint density at radius 2 is 2.15 bits per heavy atom. The number of hydrogen-bond donors (Lipinski definition) is 1. The third-order valence-electron chi connectivity index (χ3n) is 4.41. The molecule has 1 aliphatic rings. The summed E-state index contributed by atoms with van der Waals surface area (Å²) >= 11 is 0. The monoisotopic (exact) mass is 278 g/mol. The van der Waals surface area contributed by atoms with Crippen molar-refractivity contribution in [1.29, 1.82) is 0 Å². The van der Waals surface area contributed by atoms with Gasteiger partial charge in [0.15, 0.2) is 0 Å². The van der Waals surface area contributed by atoms with E-state index >= 15 is 0 Å². The Morgan fingerprint density at radius 3 is 2.70 bits per heavy atom. The lowest BCUT2D eigenvalue weighted by atomic mass is 10.0. The van der Waals surface area contributed by atoms with Gasteiger partial charge in [-0.05, 0) is 39.0 Å². The lowest BCUT2D eigenvalue weighted by Gasteiger charge is -2.20. The molecule has 1 saturated carbocycles. The van der Waals surface area contributed by atoms with E-state index in [0.29, 0.717) is 18.5 Å². The highest BCUT2D eigenvalue weighted by Gasteiger charge is 2.23. The molecule has 0 aromatic carbocycles. The highest BCUT2D eigenvalue weighted by atomic mass is 16.1. The number of aromatic nitrogens is 2. The molecular weight excluding hydrogens is 252 g/mol. The van der Waals surface area contributed by atoms with E-state index in [1.807, 2.05) is 0 Å². The van der Waals surface area contributed by atoms with E-state index < -0.39 is 0 Å². The Hall–Kier alpha value is -1.36. The van der Waals surface area contributed by atoms with Gasteiger partial charge in [0, 0.05) is 31.7 Å². The van der Waals surface area contributed by atoms with Crippen molar-refractivity contribution in [2.45, 2.75) is 52.1 Å². The van der Waals surface area contributed by atoms with Gasteiger partial charge in [-0.25, -0.2) is 4.68 Å². The second kappa shape index (κ2) is 6.88. The van der Waals surface area contributed by atoms with E-state index in [0.717, 1.165) is 31.6 Å². The largest absolute Gasteiger partial charge is 0.371 e. The first-order chi connectivity index (χ1) is 9.65. The number of aryl methyl sites for hydroxylation is 1. The number of hydrogen-bond acceptors (Lipinski definition) is 4. The number of nitrogens with two attached hydrogens (primary N) is 1. The van der Waals surface area contributed by atoms with Crippen LogP contribution in [-0.2, 0) is 6.54 Å². The minimum Gasteiger partial charge on any atom is -0.371 e. The van der Waals surface area contributed by atoms with Gasteiger partial charge in [-0.3, -0.25) is 4.79 Å². The highest BCUT2D eigenvalue weighted by Crippen LogP contribution is 2.26. The van der Waals surface area contributed by atoms with Crippen LogP contribution in [0.3, 0.4) is 0 Å². The molecule has 5 nitrogen and oxygen atoms in total. The molecule has 0 bridgehead atoms. The van der Waals surface area contributed by atoms with E-state index in [-0.39, 0.29) is 5.56 Å². The Morgan fingerprint density at radius 1 is 1.40 bits per heavy atom. The maximum absolute atomic E-state index is 12.1. The molecule has 0 aliphatic heterocycles. The summed E-state index contributed by atoms with van der Waals surface area (Å²) in [5.41, 5.74) is 6.96. The van der Waals surface area contributed by atoms with Crippen molar-refractivity contribution < 1.29 is 0 Å². The van der Waals surface area contributed by atoms with Crippen LogP contribution < -0.4 is 16.2 Å². The van der Waals surface area contributed by atoms with Gasteiger partial charge >= 0.3 is 0 Å². The summed E-state index contributed by atoms with van der Waals surface area (Å²) in [7, 11) is 0. The summed E-state index contributed by atoms with van der Waals surface area (Å²) in [5, 5.41) is 4.30. The van der Waals surface area contributed by atoms with Gasteiger partial charge in [0.1, 0.15) is 0 Å². The van der Waals surface area contributed by atoms with Crippen molar-refractivity contribution in [2.24, 2.45) is 11.7 Å². The van der Waals surface area contributed by atoms with E-state index in [1.165, 1.54) is 12.8 Å². The van der Waals surface area contributed by atoms with Gasteiger partial charge in [0.05, 0.1) is 11.9 Å². The molecule has 1 heterocycles. The van der Waals surface area contributed by atoms with E-state index in [2.05, 4.69) is 23.8 Å². The molecule has 1 aromatic heterocycles. The number of anilines is 1. The molecule has 2 N–H and O–H groups in total. The molecular formula is C15H26N4O. The third kappa shape index (κ3) is 3.39. The van der Waals surface area contributed by atoms with Crippen molar-refractivity contribution >= 4 is 5.69 Å². The Kier molecular flexibility index (Phi) is 5.17. The SMILES string of the molecule is CCN(CC)c1cnn(CCC2CCCC2N)c(=O)c1. The van der Waals surface area contributed by atoms with Crippen LogP contribution in [0.25, 0.3) is 0 Å². The Balaban J connectivity index is 2.01. The summed E-state index contributed by atoms with van der Waals surface area (Å²) in [6, 6.07) is 2.00. The smallest absolute Gasteiger partial charge is 0.268 e. The van der Waals surface area contributed by atoms with Crippen LogP contribution in [0.5, 0.6) is 0 Å². The summed E-state index contributed by atoms with van der Waals surface area (Å²) < 4.78 is 1.57. The molecule has 0 spiro atoms. The molecule has 112 valence electrons. The fraction of sp³-hybridized carbons (Fsp3) is 0.733. The summed E-state index contributed by atoms with van der Waals surface area (Å²) in [4.78, 5) is 14.2. The van der Waals surface area contributed by atoms with Crippen molar-refractivity contribution in [3.63, 3.8) is 0 Å². The molecule has 0 saturated heterocycles. The molecule has 1 fully saturated rings. The van der Waals surface area contributed by atoms with Gasteiger partial charge in [-0.2, -0.15) is 5.10 Å². The Bertz CT molecular complexity index is 481. The van der Waals surface area contributed by atoms with Crippen LogP contribution in [0.1, 0.15) is 39.5 Å². The standard InChI is InChI=1S/C15H26N4O/c1-3-18(4-2)13-10-15(20)19(17-11-13)9-8-12-6-5-7-14(12)16/h10-12,14H,3-9,16H2,1-2H3. The molecule has 2 unspecified atom stereocenters. The zero-order valence-corrected chi connectivity index (χ0v) is 12.6. The lowest BCUT2D eigenvalue weighted by Crippen LogP contribution is -2.30. The number of rotatable bonds is 6. The van der Waals surface area contributed by atoms with Crippen molar-refractivity contribution in [2.75, 3.05) is 18.0 Å². The second-order valence-electron chi connectivity index (χ2n) is 5.59. The van der Waals surface area contributed by atoms with Gasteiger partial charge in [0.25, 0.3) is 5.56 Å². The molecule has 0 amide bonds. The van der Waals surface area contributed by atoms with Crippen LogP contribution in [0.4, 0.5) is 5.69 Å². The summed E-state index contributed by atoms with van der Waals surface area (Å²) in [5.74, 6) is 0.547.